The quantitative estimate of drug-likeness (QED) is 0.819. The van der Waals surface area contributed by atoms with Crippen molar-refractivity contribution in [3.63, 3.8) is 0 Å². The topological polar surface area (TPSA) is 67.4 Å². The van der Waals surface area contributed by atoms with E-state index < -0.39 is 0 Å². The largest absolute Gasteiger partial charge is 0.497 e. The van der Waals surface area contributed by atoms with E-state index in [4.69, 9.17) is 4.74 Å². The molecule has 24 heavy (non-hydrogen) atoms. The molecule has 5 heteroatoms. The molecule has 2 aromatic carbocycles. The van der Waals surface area contributed by atoms with Crippen molar-refractivity contribution in [2.45, 2.75) is 13.3 Å². The van der Waals surface area contributed by atoms with Crippen molar-refractivity contribution in [3.05, 3.63) is 65.2 Å². The third kappa shape index (κ3) is 5.43. The highest BCUT2D eigenvalue weighted by atomic mass is 16.5. The minimum atomic E-state index is -0.250. The van der Waals surface area contributed by atoms with Crippen LogP contribution in [-0.4, -0.2) is 32.0 Å². The van der Waals surface area contributed by atoms with Crippen LogP contribution in [0.2, 0.25) is 0 Å². The molecule has 0 aromatic heterocycles. The van der Waals surface area contributed by atoms with Crippen LogP contribution in [0, 0.1) is 6.92 Å². The van der Waals surface area contributed by atoms with Crippen molar-refractivity contribution < 1.29 is 14.3 Å². The molecule has 5 nitrogen and oxygen atoms in total. The normalized spacial score (nSPS) is 10.1. The third-order valence-corrected chi connectivity index (χ3v) is 3.62. The molecule has 0 aliphatic carbocycles. The number of carbonyl (C=O) groups excluding carboxylic acids is 2. The van der Waals surface area contributed by atoms with Crippen molar-refractivity contribution in [1.29, 1.82) is 0 Å². The number of benzene rings is 2. The molecule has 2 amide bonds. The number of amides is 2. The summed E-state index contributed by atoms with van der Waals surface area (Å²) >= 11 is 0. The summed E-state index contributed by atoms with van der Waals surface area (Å²) in [5.41, 5.74) is 2.74. The molecule has 126 valence electrons. The molecule has 2 N–H and O–H groups in total. The van der Waals surface area contributed by atoms with E-state index in [2.05, 4.69) is 10.6 Å². The molecular formula is C19H22N2O3. The lowest BCUT2D eigenvalue weighted by molar-refractivity contribution is -0.120. The fraction of sp³-hybridized carbons (Fsp3) is 0.263. The summed E-state index contributed by atoms with van der Waals surface area (Å²) in [7, 11) is 1.63. The number of hydrogen-bond donors (Lipinski definition) is 2. The summed E-state index contributed by atoms with van der Waals surface area (Å²) < 4.78 is 5.10. The monoisotopic (exact) mass is 326 g/mol. The number of aryl methyl sites for hydroxylation is 1. The van der Waals surface area contributed by atoms with Crippen LogP contribution in [0.1, 0.15) is 21.5 Å². The zero-order valence-electron chi connectivity index (χ0n) is 14.0. The zero-order valence-corrected chi connectivity index (χ0v) is 14.0. The first-order valence-electron chi connectivity index (χ1n) is 7.83. The Morgan fingerprint density at radius 1 is 0.958 bits per heavy atom. The highest BCUT2D eigenvalue weighted by Gasteiger charge is 2.07. The van der Waals surface area contributed by atoms with Gasteiger partial charge in [-0.3, -0.25) is 9.59 Å². The first-order valence-corrected chi connectivity index (χ1v) is 7.83. The number of ether oxygens (including phenoxy) is 1. The second kappa shape index (κ2) is 8.72. The van der Waals surface area contributed by atoms with Crippen LogP contribution in [0.3, 0.4) is 0 Å². The predicted octanol–water partition coefficient (Wildman–Crippen LogP) is 2.09. The van der Waals surface area contributed by atoms with Crippen LogP contribution >= 0.6 is 0 Å². The minimum absolute atomic E-state index is 0.0324. The average Bonchev–Trinajstić information content (AvgIpc) is 2.61. The molecule has 0 unspecified atom stereocenters. The Kier molecular flexibility index (Phi) is 6.37. The van der Waals surface area contributed by atoms with Crippen LogP contribution in [0.25, 0.3) is 0 Å². The zero-order chi connectivity index (χ0) is 17.4. The van der Waals surface area contributed by atoms with Gasteiger partial charge in [-0.05, 0) is 43.2 Å². The summed E-state index contributed by atoms with van der Waals surface area (Å²) in [4.78, 5) is 23.7. The van der Waals surface area contributed by atoms with Crippen molar-refractivity contribution in [2.75, 3.05) is 20.2 Å². The second-order valence-corrected chi connectivity index (χ2v) is 5.50. The summed E-state index contributed by atoms with van der Waals surface area (Å²) in [6.45, 7) is 2.44. The van der Waals surface area contributed by atoms with E-state index in [1.807, 2.05) is 43.3 Å². The lowest BCUT2D eigenvalue weighted by Gasteiger charge is -2.08. The van der Waals surface area contributed by atoms with E-state index in [1.165, 1.54) is 0 Å². The molecule has 0 radical (unpaired) electrons. The maximum atomic E-state index is 11.9. The Bertz CT molecular complexity index is 679. The minimum Gasteiger partial charge on any atom is -0.497 e. The maximum Gasteiger partial charge on any atom is 0.251 e. The Balaban J connectivity index is 1.69. The van der Waals surface area contributed by atoms with Gasteiger partial charge in [-0.25, -0.2) is 0 Å². The first kappa shape index (κ1) is 17.5. The predicted molar refractivity (Wildman–Crippen MR) is 93.2 cm³/mol. The van der Waals surface area contributed by atoms with Gasteiger partial charge in [0.05, 0.1) is 13.7 Å². The average molecular weight is 326 g/mol. The third-order valence-electron chi connectivity index (χ3n) is 3.62. The molecule has 0 aliphatic heterocycles. The van der Waals surface area contributed by atoms with Crippen molar-refractivity contribution in [3.8, 4) is 5.75 Å². The van der Waals surface area contributed by atoms with E-state index in [1.54, 1.807) is 19.2 Å². The number of nitrogens with one attached hydrogen (secondary N) is 2. The Hall–Kier alpha value is -2.82. The van der Waals surface area contributed by atoms with Gasteiger partial charge in [0.15, 0.2) is 0 Å². The molecule has 0 bridgehead atoms. The fourth-order valence-electron chi connectivity index (χ4n) is 2.17. The first-order chi connectivity index (χ1) is 11.6. The highest BCUT2D eigenvalue weighted by Crippen LogP contribution is 2.11. The number of carbonyl (C=O) groups is 2. The molecule has 0 fully saturated rings. The van der Waals surface area contributed by atoms with Gasteiger partial charge in [-0.15, -0.1) is 0 Å². The van der Waals surface area contributed by atoms with E-state index >= 15 is 0 Å². The summed E-state index contributed by atoms with van der Waals surface area (Å²) in [5.74, 6) is 0.353. The molecule has 0 saturated heterocycles. The summed E-state index contributed by atoms with van der Waals surface area (Å²) in [6.07, 6.45) is 0.724. The van der Waals surface area contributed by atoms with E-state index in [0.717, 1.165) is 23.3 Å². The Morgan fingerprint density at radius 3 is 2.25 bits per heavy atom. The maximum absolute atomic E-state index is 11.9. The van der Waals surface area contributed by atoms with Gasteiger partial charge in [0.25, 0.3) is 5.91 Å². The Labute approximate surface area is 142 Å². The van der Waals surface area contributed by atoms with Crippen molar-refractivity contribution >= 4 is 11.8 Å². The molecular weight excluding hydrogens is 304 g/mol. The molecule has 0 saturated carbocycles. The molecule has 0 heterocycles. The number of hydrogen-bond acceptors (Lipinski definition) is 3. The molecule has 2 aromatic rings. The van der Waals surface area contributed by atoms with E-state index in [-0.39, 0.29) is 18.4 Å². The number of methoxy groups -OCH3 is 1. The van der Waals surface area contributed by atoms with Gasteiger partial charge in [0.2, 0.25) is 5.91 Å². The molecule has 0 atom stereocenters. The summed E-state index contributed by atoms with van der Waals surface area (Å²) in [5, 5.41) is 5.41. The fourth-order valence-corrected chi connectivity index (χ4v) is 2.17. The SMILES string of the molecule is COc1ccc(CCNC(=O)CNC(=O)c2ccc(C)cc2)cc1. The van der Waals surface area contributed by atoms with Crippen LogP contribution in [0.5, 0.6) is 5.75 Å². The van der Waals surface area contributed by atoms with Gasteiger partial charge in [-0.1, -0.05) is 29.8 Å². The van der Waals surface area contributed by atoms with Gasteiger partial charge in [-0.2, -0.15) is 0 Å². The van der Waals surface area contributed by atoms with Gasteiger partial charge >= 0.3 is 0 Å². The van der Waals surface area contributed by atoms with Crippen LogP contribution in [-0.2, 0) is 11.2 Å². The standard InChI is InChI=1S/C19H22N2O3/c1-14-3-7-16(8-4-14)19(23)21-13-18(22)20-12-11-15-5-9-17(24-2)10-6-15/h3-10H,11-13H2,1-2H3,(H,20,22)(H,21,23). The van der Waals surface area contributed by atoms with Crippen LogP contribution in [0.4, 0.5) is 0 Å². The van der Waals surface area contributed by atoms with Gasteiger partial charge < -0.3 is 15.4 Å². The summed E-state index contributed by atoms with van der Waals surface area (Å²) in [6, 6.07) is 14.9. The molecule has 2 rings (SSSR count). The van der Waals surface area contributed by atoms with Gasteiger partial charge in [0.1, 0.15) is 5.75 Å². The second-order valence-electron chi connectivity index (χ2n) is 5.50. The lowest BCUT2D eigenvalue weighted by atomic mass is 10.1. The van der Waals surface area contributed by atoms with Crippen LogP contribution in [0.15, 0.2) is 48.5 Å². The lowest BCUT2D eigenvalue weighted by Crippen LogP contribution is -2.37. The molecule has 0 spiro atoms. The van der Waals surface area contributed by atoms with E-state index in [9.17, 15) is 9.59 Å². The van der Waals surface area contributed by atoms with Crippen LogP contribution < -0.4 is 15.4 Å². The Morgan fingerprint density at radius 2 is 1.62 bits per heavy atom. The smallest absolute Gasteiger partial charge is 0.251 e. The van der Waals surface area contributed by atoms with Gasteiger partial charge in [0, 0.05) is 12.1 Å². The van der Waals surface area contributed by atoms with Crippen molar-refractivity contribution in [1.82, 2.24) is 10.6 Å². The molecule has 0 aliphatic rings. The highest BCUT2D eigenvalue weighted by molar-refractivity contribution is 5.96. The number of rotatable bonds is 7. The van der Waals surface area contributed by atoms with E-state index in [0.29, 0.717) is 12.1 Å². The van der Waals surface area contributed by atoms with Crippen molar-refractivity contribution in [2.24, 2.45) is 0 Å².